The van der Waals surface area contributed by atoms with E-state index in [9.17, 15) is 10.1 Å². The number of benzene rings is 2. The highest BCUT2D eigenvalue weighted by molar-refractivity contribution is 7.80. The lowest BCUT2D eigenvalue weighted by Gasteiger charge is -2.09. The number of nitrogens with zero attached hydrogens (tertiary/aromatic N) is 2. The smallest absolute Gasteiger partial charge is 0.292 e. The Balaban J connectivity index is 2.07. The van der Waals surface area contributed by atoms with Gasteiger partial charge in [0.05, 0.1) is 11.1 Å². The summed E-state index contributed by atoms with van der Waals surface area (Å²) in [4.78, 5) is 10.8. The molecule has 0 bridgehead atoms. The molecule has 0 radical (unpaired) electrons. The van der Waals surface area contributed by atoms with E-state index in [1.165, 1.54) is 12.3 Å². The van der Waals surface area contributed by atoms with Crippen LogP contribution in [0.3, 0.4) is 0 Å². The lowest BCUT2D eigenvalue weighted by Crippen LogP contribution is -2.23. The molecule has 0 aliphatic heterocycles. The molecule has 2 aromatic carbocycles. The zero-order valence-electron chi connectivity index (χ0n) is 13.4. The van der Waals surface area contributed by atoms with Crippen LogP contribution in [0.1, 0.15) is 11.1 Å². The average molecular weight is 412 g/mol. The summed E-state index contributed by atoms with van der Waals surface area (Å²) in [5.74, 6) is 0. The fourth-order valence-corrected chi connectivity index (χ4v) is 2.71. The van der Waals surface area contributed by atoms with Crippen molar-refractivity contribution in [1.82, 2.24) is 5.43 Å². The summed E-state index contributed by atoms with van der Waals surface area (Å²) >= 11 is 16.6. The predicted octanol–water partition coefficient (Wildman–Crippen LogP) is 3.72. The first-order valence-electron chi connectivity index (χ1n) is 7.41. The Morgan fingerprint density at radius 1 is 1.31 bits per heavy atom. The number of anilines is 1. The van der Waals surface area contributed by atoms with E-state index in [0.29, 0.717) is 34.3 Å². The van der Waals surface area contributed by atoms with E-state index < -0.39 is 4.92 Å². The first-order valence-corrected chi connectivity index (χ1v) is 8.58. The summed E-state index contributed by atoms with van der Waals surface area (Å²) in [6, 6.07) is 9.95. The van der Waals surface area contributed by atoms with Gasteiger partial charge in [-0.2, -0.15) is 5.10 Å². The van der Waals surface area contributed by atoms with Gasteiger partial charge in [-0.1, -0.05) is 35.3 Å². The molecule has 0 aromatic heterocycles. The molecule has 0 aliphatic rings. The maximum atomic E-state index is 11.3. The monoisotopic (exact) mass is 411 g/mol. The van der Waals surface area contributed by atoms with Gasteiger partial charge in [0, 0.05) is 28.2 Å². The first-order chi connectivity index (χ1) is 12.4. The SMILES string of the molecule is NC(=S)N/N=C/c1ccc(NCCc2ccc(Cl)cc2Cl)c([N+](=O)[O-])c1. The number of rotatable bonds is 7. The quantitative estimate of drug-likeness (QED) is 0.277. The van der Waals surface area contributed by atoms with E-state index in [1.807, 2.05) is 6.07 Å². The fourth-order valence-electron chi connectivity index (χ4n) is 2.16. The van der Waals surface area contributed by atoms with Crippen molar-refractivity contribution in [3.63, 3.8) is 0 Å². The Hall–Kier alpha value is -2.42. The third kappa shape index (κ3) is 5.83. The predicted molar refractivity (Wildman–Crippen MR) is 109 cm³/mol. The molecule has 26 heavy (non-hydrogen) atoms. The summed E-state index contributed by atoms with van der Waals surface area (Å²) in [7, 11) is 0. The standard InChI is InChI=1S/C16H15Cl2N5O2S/c17-12-3-2-11(13(18)8-12)5-6-20-14-4-1-10(7-15(14)23(24)25)9-21-22-16(19)26/h1-4,7-9,20H,5-6H2,(H3,19,22,26)/b21-9+. The lowest BCUT2D eigenvalue weighted by molar-refractivity contribution is -0.384. The molecule has 0 aliphatic carbocycles. The molecule has 0 fully saturated rings. The second-order valence-corrected chi connectivity index (χ2v) is 6.46. The van der Waals surface area contributed by atoms with Gasteiger partial charge < -0.3 is 11.1 Å². The van der Waals surface area contributed by atoms with Gasteiger partial charge in [0.25, 0.3) is 5.69 Å². The van der Waals surface area contributed by atoms with Crippen LogP contribution in [-0.2, 0) is 6.42 Å². The minimum Gasteiger partial charge on any atom is -0.379 e. The van der Waals surface area contributed by atoms with Gasteiger partial charge in [0.2, 0.25) is 0 Å². The molecule has 0 saturated heterocycles. The van der Waals surface area contributed by atoms with Crippen LogP contribution >= 0.6 is 35.4 Å². The van der Waals surface area contributed by atoms with Crippen molar-refractivity contribution in [3.8, 4) is 0 Å². The van der Waals surface area contributed by atoms with E-state index >= 15 is 0 Å². The zero-order valence-corrected chi connectivity index (χ0v) is 15.7. The lowest BCUT2D eigenvalue weighted by atomic mass is 10.1. The number of halogens is 2. The second kappa shape index (κ2) is 9.33. The number of nitrogens with two attached hydrogens (primary N) is 1. The van der Waals surface area contributed by atoms with Crippen LogP contribution in [0.4, 0.5) is 11.4 Å². The molecule has 7 nitrogen and oxygen atoms in total. The summed E-state index contributed by atoms with van der Waals surface area (Å²) in [5, 5.41) is 19.3. The van der Waals surface area contributed by atoms with Crippen LogP contribution in [0.25, 0.3) is 0 Å². The van der Waals surface area contributed by atoms with Crippen LogP contribution in [0.2, 0.25) is 10.0 Å². The van der Waals surface area contributed by atoms with Crippen molar-refractivity contribution in [1.29, 1.82) is 0 Å². The highest BCUT2D eigenvalue weighted by Crippen LogP contribution is 2.26. The molecule has 0 amide bonds. The highest BCUT2D eigenvalue weighted by Gasteiger charge is 2.14. The molecule has 0 atom stereocenters. The first kappa shape index (κ1) is 19.9. The Bertz CT molecular complexity index is 861. The Morgan fingerprint density at radius 2 is 2.08 bits per heavy atom. The molecule has 0 heterocycles. The normalized spacial score (nSPS) is 10.7. The topological polar surface area (TPSA) is 106 Å². The number of nitro benzene ring substituents is 1. The second-order valence-electron chi connectivity index (χ2n) is 5.18. The number of nitrogens with one attached hydrogen (secondary N) is 2. The Labute approximate surface area is 165 Å². The van der Waals surface area contributed by atoms with Crippen LogP contribution < -0.4 is 16.5 Å². The number of hydrazone groups is 1. The molecule has 2 rings (SSSR count). The van der Waals surface area contributed by atoms with Gasteiger partial charge in [-0.05, 0) is 42.4 Å². The molecule has 2 aromatic rings. The Kier molecular flexibility index (Phi) is 7.14. The van der Waals surface area contributed by atoms with E-state index in [0.717, 1.165) is 5.56 Å². The van der Waals surface area contributed by atoms with Gasteiger partial charge in [-0.15, -0.1) is 0 Å². The van der Waals surface area contributed by atoms with Crippen molar-refractivity contribution in [2.24, 2.45) is 10.8 Å². The molecule has 4 N–H and O–H groups in total. The van der Waals surface area contributed by atoms with E-state index in [1.54, 1.807) is 24.3 Å². The number of nitro groups is 1. The number of hydrogen-bond donors (Lipinski definition) is 3. The maximum absolute atomic E-state index is 11.3. The van der Waals surface area contributed by atoms with Crippen LogP contribution in [0, 0.1) is 10.1 Å². The van der Waals surface area contributed by atoms with E-state index in [-0.39, 0.29) is 10.8 Å². The third-order valence-electron chi connectivity index (χ3n) is 3.33. The minimum atomic E-state index is -0.462. The van der Waals surface area contributed by atoms with Crippen LogP contribution in [-0.4, -0.2) is 22.8 Å². The van der Waals surface area contributed by atoms with Crippen molar-refractivity contribution in [3.05, 3.63) is 67.7 Å². The van der Waals surface area contributed by atoms with E-state index in [2.05, 4.69) is 28.1 Å². The molecule has 10 heteroatoms. The van der Waals surface area contributed by atoms with Gasteiger partial charge in [0.15, 0.2) is 5.11 Å². The molecule has 0 saturated carbocycles. The summed E-state index contributed by atoms with van der Waals surface area (Å²) in [6.45, 7) is 0.471. The number of thiocarbonyl (C=S) groups is 1. The third-order valence-corrected chi connectivity index (χ3v) is 4.01. The van der Waals surface area contributed by atoms with Crippen molar-refractivity contribution < 1.29 is 4.92 Å². The molecular weight excluding hydrogens is 397 g/mol. The van der Waals surface area contributed by atoms with E-state index in [4.69, 9.17) is 28.9 Å². The summed E-state index contributed by atoms with van der Waals surface area (Å²) in [6.07, 6.45) is 1.98. The van der Waals surface area contributed by atoms with Crippen molar-refractivity contribution in [2.75, 3.05) is 11.9 Å². The van der Waals surface area contributed by atoms with Crippen molar-refractivity contribution >= 4 is 58.1 Å². The average Bonchev–Trinajstić information content (AvgIpc) is 2.57. The summed E-state index contributed by atoms with van der Waals surface area (Å²) < 4.78 is 0. The van der Waals surface area contributed by atoms with Crippen molar-refractivity contribution in [2.45, 2.75) is 6.42 Å². The largest absolute Gasteiger partial charge is 0.379 e. The maximum Gasteiger partial charge on any atom is 0.292 e. The zero-order chi connectivity index (χ0) is 19.1. The van der Waals surface area contributed by atoms with Gasteiger partial charge >= 0.3 is 0 Å². The molecule has 0 unspecified atom stereocenters. The van der Waals surface area contributed by atoms with Gasteiger partial charge in [-0.3, -0.25) is 15.5 Å². The fraction of sp³-hybridized carbons (Fsp3) is 0.125. The number of hydrogen-bond acceptors (Lipinski definition) is 5. The van der Waals surface area contributed by atoms with Gasteiger partial charge in [-0.25, -0.2) is 0 Å². The molecular formula is C16H15Cl2N5O2S. The highest BCUT2D eigenvalue weighted by atomic mass is 35.5. The van der Waals surface area contributed by atoms with Crippen LogP contribution in [0.5, 0.6) is 0 Å². The molecule has 136 valence electrons. The minimum absolute atomic E-state index is 0.00916. The Morgan fingerprint density at radius 3 is 2.73 bits per heavy atom. The van der Waals surface area contributed by atoms with Crippen LogP contribution in [0.15, 0.2) is 41.5 Å². The van der Waals surface area contributed by atoms with Gasteiger partial charge in [0.1, 0.15) is 5.69 Å². The molecule has 0 spiro atoms. The summed E-state index contributed by atoms with van der Waals surface area (Å²) in [5.41, 5.74) is 9.42.